The van der Waals surface area contributed by atoms with Gasteiger partial charge in [0.1, 0.15) is 0 Å². The first-order valence-electron chi connectivity index (χ1n) is 7.29. The Kier molecular flexibility index (Phi) is 4.05. The van der Waals surface area contributed by atoms with Crippen molar-refractivity contribution in [2.24, 2.45) is 11.8 Å². The molecule has 2 saturated carbocycles. The summed E-state index contributed by atoms with van der Waals surface area (Å²) in [6, 6.07) is 9.54. The van der Waals surface area contributed by atoms with Gasteiger partial charge < -0.3 is 5.32 Å². The van der Waals surface area contributed by atoms with Gasteiger partial charge in [0.25, 0.3) is 0 Å². The number of nitrogens with one attached hydrogen (secondary N) is 1. The zero-order chi connectivity index (χ0) is 12.4. The molecule has 0 bridgehead atoms. The van der Waals surface area contributed by atoms with E-state index in [0.717, 1.165) is 17.9 Å². The summed E-state index contributed by atoms with van der Waals surface area (Å²) in [5.74, 6) is 1.79. The van der Waals surface area contributed by atoms with Crippen molar-refractivity contribution in [3.63, 3.8) is 0 Å². The van der Waals surface area contributed by atoms with Crippen molar-refractivity contribution >= 4 is 15.9 Å². The van der Waals surface area contributed by atoms with E-state index in [1.54, 1.807) is 0 Å². The van der Waals surface area contributed by atoms with Gasteiger partial charge >= 0.3 is 0 Å². The molecule has 1 aromatic carbocycles. The summed E-state index contributed by atoms with van der Waals surface area (Å²) in [5.41, 5.74) is 1.48. The molecule has 2 aliphatic carbocycles. The zero-order valence-corrected chi connectivity index (χ0v) is 12.5. The number of hydrogen-bond acceptors (Lipinski definition) is 1. The molecule has 1 nitrogen and oxygen atoms in total. The lowest BCUT2D eigenvalue weighted by atomic mass is 9.73. The largest absolute Gasteiger partial charge is 0.314 e. The molecular weight excluding hydrogens is 286 g/mol. The Morgan fingerprint density at radius 2 is 1.94 bits per heavy atom. The Hall–Kier alpha value is -0.340. The fourth-order valence-corrected chi connectivity index (χ4v) is 3.32. The van der Waals surface area contributed by atoms with Gasteiger partial charge in [-0.15, -0.1) is 0 Å². The van der Waals surface area contributed by atoms with Crippen LogP contribution in [0.4, 0.5) is 0 Å². The fraction of sp³-hybridized carbons (Fsp3) is 0.625. The van der Waals surface area contributed by atoms with Crippen molar-refractivity contribution in [2.45, 2.75) is 44.6 Å². The predicted octanol–water partition coefficient (Wildman–Crippen LogP) is 4.16. The van der Waals surface area contributed by atoms with E-state index in [1.807, 2.05) is 0 Å². The highest BCUT2D eigenvalue weighted by atomic mass is 79.9. The van der Waals surface area contributed by atoms with Crippen molar-refractivity contribution in [3.8, 4) is 0 Å². The van der Waals surface area contributed by atoms with Gasteiger partial charge in [0.15, 0.2) is 0 Å². The lowest BCUT2D eigenvalue weighted by Crippen LogP contribution is -2.34. The lowest BCUT2D eigenvalue weighted by molar-refractivity contribution is 0.199. The van der Waals surface area contributed by atoms with Crippen LogP contribution in [-0.4, -0.2) is 12.6 Å². The van der Waals surface area contributed by atoms with Crippen LogP contribution in [0.1, 0.15) is 37.7 Å². The second-order valence-electron chi connectivity index (χ2n) is 5.93. The average Bonchev–Trinajstić information content (AvgIpc) is 3.10. The molecule has 0 heterocycles. The van der Waals surface area contributed by atoms with E-state index in [9.17, 15) is 0 Å². The minimum atomic E-state index is 0.832. The third-order valence-corrected chi connectivity index (χ3v) is 5.28. The number of halogens is 1. The van der Waals surface area contributed by atoms with Crippen molar-refractivity contribution < 1.29 is 0 Å². The van der Waals surface area contributed by atoms with Crippen LogP contribution in [0.25, 0.3) is 0 Å². The number of rotatable bonds is 6. The van der Waals surface area contributed by atoms with Crippen LogP contribution in [0, 0.1) is 11.8 Å². The summed E-state index contributed by atoms with van der Waals surface area (Å²) in [6.07, 6.45) is 8.36. The first-order chi connectivity index (χ1) is 8.83. The van der Waals surface area contributed by atoms with Crippen LogP contribution >= 0.6 is 15.9 Å². The Bertz CT molecular complexity index is 396. The maximum Gasteiger partial charge on any atom is 0.0207 e. The first kappa shape index (κ1) is 12.7. The molecule has 1 atom stereocenters. The Morgan fingerprint density at radius 3 is 2.56 bits per heavy atom. The third-order valence-electron chi connectivity index (χ3n) is 4.50. The Morgan fingerprint density at radius 1 is 1.17 bits per heavy atom. The number of benzene rings is 1. The van der Waals surface area contributed by atoms with Gasteiger partial charge in [0.05, 0.1) is 0 Å². The molecule has 0 radical (unpaired) electrons. The topological polar surface area (TPSA) is 12.0 Å². The highest BCUT2D eigenvalue weighted by Gasteiger charge is 2.29. The summed E-state index contributed by atoms with van der Waals surface area (Å²) in [7, 11) is 0. The minimum Gasteiger partial charge on any atom is -0.314 e. The van der Waals surface area contributed by atoms with Crippen LogP contribution < -0.4 is 5.32 Å². The van der Waals surface area contributed by atoms with Gasteiger partial charge in [-0.3, -0.25) is 0 Å². The van der Waals surface area contributed by atoms with E-state index in [0.29, 0.717) is 0 Å². The molecule has 18 heavy (non-hydrogen) atoms. The van der Waals surface area contributed by atoms with Crippen LogP contribution in [0.2, 0.25) is 0 Å². The summed E-state index contributed by atoms with van der Waals surface area (Å²) < 4.78 is 1.28. The molecule has 0 spiro atoms. The Labute approximate surface area is 118 Å². The third kappa shape index (κ3) is 3.16. The molecule has 2 heteroatoms. The highest BCUT2D eigenvalue weighted by Crippen LogP contribution is 2.36. The molecule has 3 rings (SSSR count). The van der Waals surface area contributed by atoms with E-state index in [-0.39, 0.29) is 0 Å². The lowest BCUT2D eigenvalue weighted by Gasteiger charge is -2.34. The molecule has 0 aromatic heterocycles. The van der Waals surface area contributed by atoms with E-state index < -0.39 is 0 Å². The molecule has 2 fully saturated rings. The van der Waals surface area contributed by atoms with Gasteiger partial charge in [-0.05, 0) is 49.3 Å². The highest BCUT2D eigenvalue weighted by molar-refractivity contribution is 9.10. The molecule has 0 amide bonds. The molecule has 0 saturated heterocycles. The molecule has 1 N–H and O–H groups in total. The summed E-state index contributed by atoms with van der Waals surface area (Å²) in [4.78, 5) is 0. The second-order valence-corrected chi connectivity index (χ2v) is 6.78. The second kappa shape index (κ2) is 5.75. The standard InChI is InChI=1S/C16H22BrN/c17-16-7-2-1-4-13(16)10-14(12-5-3-6-12)11-18-15-8-9-15/h1-2,4,7,12,14-15,18H,3,5-6,8-11H2. The summed E-state index contributed by atoms with van der Waals surface area (Å²) in [5, 5.41) is 3.73. The summed E-state index contributed by atoms with van der Waals surface area (Å²) >= 11 is 3.69. The average molecular weight is 308 g/mol. The molecule has 1 unspecified atom stereocenters. The van der Waals surface area contributed by atoms with Gasteiger partial charge in [-0.1, -0.05) is 53.4 Å². The maximum absolute atomic E-state index is 3.73. The molecule has 98 valence electrons. The van der Waals surface area contributed by atoms with Crippen molar-refractivity contribution in [1.82, 2.24) is 5.32 Å². The van der Waals surface area contributed by atoms with E-state index >= 15 is 0 Å². The number of hydrogen-bond donors (Lipinski definition) is 1. The molecule has 0 aliphatic heterocycles. The SMILES string of the molecule is Brc1ccccc1CC(CNC1CC1)C1CCC1. The molecule has 1 aromatic rings. The van der Waals surface area contributed by atoms with Crippen LogP contribution in [0.15, 0.2) is 28.7 Å². The smallest absolute Gasteiger partial charge is 0.0207 e. The predicted molar refractivity (Wildman–Crippen MR) is 79.7 cm³/mol. The summed E-state index contributed by atoms with van der Waals surface area (Å²) in [6.45, 7) is 1.22. The van der Waals surface area contributed by atoms with Crippen molar-refractivity contribution in [3.05, 3.63) is 34.3 Å². The van der Waals surface area contributed by atoms with Gasteiger partial charge in [-0.25, -0.2) is 0 Å². The Balaban J connectivity index is 1.62. The minimum absolute atomic E-state index is 0.832. The van der Waals surface area contributed by atoms with Crippen molar-refractivity contribution in [1.29, 1.82) is 0 Å². The van der Waals surface area contributed by atoms with Crippen LogP contribution in [0.3, 0.4) is 0 Å². The quantitative estimate of drug-likeness (QED) is 0.832. The van der Waals surface area contributed by atoms with Gasteiger partial charge in [0.2, 0.25) is 0 Å². The van der Waals surface area contributed by atoms with E-state index in [4.69, 9.17) is 0 Å². The van der Waals surface area contributed by atoms with E-state index in [2.05, 4.69) is 45.5 Å². The van der Waals surface area contributed by atoms with Crippen LogP contribution in [-0.2, 0) is 6.42 Å². The molecule has 2 aliphatic rings. The maximum atomic E-state index is 3.73. The van der Waals surface area contributed by atoms with Gasteiger partial charge in [0, 0.05) is 10.5 Å². The van der Waals surface area contributed by atoms with Gasteiger partial charge in [-0.2, -0.15) is 0 Å². The first-order valence-corrected chi connectivity index (χ1v) is 8.09. The molecular formula is C16H22BrN. The van der Waals surface area contributed by atoms with Crippen LogP contribution in [0.5, 0.6) is 0 Å². The fourth-order valence-electron chi connectivity index (χ4n) is 2.87. The van der Waals surface area contributed by atoms with E-state index in [1.165, 1.54) is 55.1 Å². The normalized spacial score (nSPS) is 21.6. The van der Waals surface area contributed by atoms with Crippen molar-refractivity contribution in [2.75, 3.05) is 6.54 Å². The monoisotopic (exact) mass is 307 g/mol. The zero-order valence-electron chi connectivity index (χ0n) is 10.9.